The molecule has 1 N–H and O–H groups in total. The Morgan fingerprint density at radius 1 is 1.18 bits per heavy atom. The Hall–Kier alpha value is -3.00. The van der Waals surface area contributed by atoms with Crippen LogP contribution < -0.4 is 14.8 Å². The van der Waals surface area contributed by atoms with Crippen LogP contribution in [0.1, 0.15) is 34.6 Å². The van der Waals surface area contributed by atoms with Crippen molar-refractivity contribution in [1.82, 2.24) is 10.3 Å². The van der Waals surface area contributed by atoms with Crippen molar-refractivity contribution in [2.24, 2.45) is 0 Å². The van der Waals surface area contributed by atoms with Crippen LogP contribution in [0.25, 0.3) is 0 Å². The molecule has 1 heterocycles. The SMILES string of the molecule is CC(NC(=O)c1cccc(OCc2cscn2)c1)c1cccc(OC(F)F)c1. The van der Waals surface area contributed by atoms with Crippen LogP contribution in [-0.2, 0) is 6.61 Å². The summed E-state index contributed by atoms with van der Waals surface area (Å²) in [5.74, 6) is 0.304. The summed E-state index contributed by atoms with van der Waals surface area (Å²) in [6, 6.07) is 12.7. The molecule has 0 saturated carbocycles. The molecule has 5 nitrogen and oxygen atoms in total. The van der Waals surface area contributed by atoms with E-state index in [0.29, 0.717) is 23.5 Å². The molecule has 28 heavy (non-hydrogen) atoms. The molecule has 0 spiro atoms. The number of thiazole rings is 1. The predicted molar refractivity (Wildman–Crippen MR) is 102 cm³/mol. The third kappa shape index (κ3) is 5.50. The first kappa shape index (κ1) is 19.8. The van der Waals surface area contributed by atoms with E-state index in [2.05, 4.69) is 15.0 Å². The first-order valence-electron chi connectivity index (χ1n) is 8.47. The minimum Gasteiger partial charge on any atom is -0.487 e. The monoisotopic (exact) mass is 404 g/mol. The van der Waals surface area contributed by atoms with Crippen LogP contribution in [0.3, 0.4) is 0 Å². The zero-order valence-electron chi connectivity index (χ0n) is 15.0. The number of alkyl halides is 2. The van der Waals surface area contributed by atoms with Gasteiger partial charge < -0.3 is 14.8 Å². The summed E-state index contributed by atoms with van der Waals surface area (Å²) in [7, 11) is 0. The fourth-order valence-electron chi connectivity index (χ4n) is 2.52. The Kier molecular flexibility index (Phi) is 6.54. The molecular formula is C20H18F2N2O3S. The van der Waals surface area contributed by atoms with Crippen LogP contribution in [0.15, 0.2) is 59.4 Å². The van der Waals surface area contributed by atoms with Gasteiger partial charge in [0.25, 0.3) is 5.91 Å². The number of aromatic nitrogens is 1. The van der Waals surface area contributed by atoms with Crippen molar-refractivity contribution in [1.29, 1.82) is 0 Å². The smallest absolute Gasteiger partial charge is 0.387 e. The highest BCUT2D eigenvalue weighted by Crippen LogP contribution is 2.22. The number of carbonyl (C=O) groups is 1. The Labute approximate surface area is 164 Å². The molecule has 0 bridgehead atoms. The van der Waals surface area contributed by atoms with E-state index in [0.717, 1.165) is 5.69 Å². The minimum atomic E-state index is -2.90. The number of hydrogen-bond donors (Lipinski definition) is 1. The summed E-state index contributed by atoms with van der Waals surface area (Å²) in [6.07, 6.45) is 0. The van der Waals surface area contributed by atoms with Gasteiger partial charge in [0, 0.05) is 10.9 Å². The highest BCUT2D eigenvalue weighted by molar-refractivity contribution is 7.07. The first-order chi connectivity index (χ1) is 13.5. The number of ether oxygens (including phenoxy) is 2. The van der Waals surface area contributed by atoms with Gasteiger partial charge in [0.1, 0.15) is 18.1 Å². The molecule has 1 unspecified atom stereocenters. The highest BCUT2D eigenvalue weighted by Gasteiger charge is 2.14. The molecule has 3 aromatic rings. The quantitative estimate of drug-likeness (QED) is 0.585. The first-order valence-corrected chi connectivity index (χ1v) is 9.41. The van der Waals surface area contributed by atoms with Gasteiger partial charge in [-0.1, -0.05) is 18.2 Å². The van der Waals surface area contributed by atoms with Crippen molar-refractivity contribution < 1.29 is 23.0 Å². The summed E-state index contributed by atoms with van der Waals surface area (Å²) in [4.78, 5) is 16.7. The fourth-order valence-corrected chi connectivity index (χ4v) is 3.06. The number of nitrogens with zero attached hydrogens (tertiary/aromatic N) is 1. The second kappa shape index (κ2) is 9.27. The number of rotatable bonds is 8. The van der Waals surface area contributed by atoms with E-state index < -0.39 is 12.7 Å². The van der Waals surface area contributed by atoms with Gasteiger partial charge in [-0.15, -0.1) is 11.3 Å². The van der Waals surface area contributed by atoms with E-state index in [4.69, 9.17) is 4.74 Å². The number of carbonyl (C=O) groups excluding carboxylic acids is 1. The molecule has 2 aromatic carbocycles. The van der Waals surface area contributed by atoms with Crippen molar-refractivity contribution >= 4 is 17.2 Å². The molecule has 8 heteroatoms. The van der Waals surface area contributed by atoms with Crippen LogP contribution in [0.4, 0.5) is 8.78 Å². The minimum absolute atomic E-state index is 0.0473. The largest absolute Gasteiger partial charge is 0.487 e. The fraction of sp³-hybridized carbons (Fsp3) is 0.200. The van der Waals surface area contributed by atoms with Crippen molar-refractivity contribution in [3.05, 3.63) is 76.2 Å². The lowest BCUT2D eigenvalue weighted by Crippen LogP contribution is -2.26. The van der Waals surface area contributed by atoms with E-state index in [1.54, 1.807) is 48.8 Å². The molecule has 146 valence electrons. The third-order valence-electron chi connectivity index (χ3n) is 3.90. The number of hydrogen-bond acceptors (Lipinski definition) is 5. The molecule has 0 radical (unpaired) electrons. The molecule has 0 aliphatic heterocycles. The van der Waals surface area contributed by atoms with Gasteiger partial charge in [-0.05, 0) is 42.8 Å². The summed E-state index contributed by atoms with van der Waals surface area (Å²) in [5.41, 5.74) is 3.63. The zero-order chi connectivity index (χ0) is 19.9. The number of benzene rings is 2. The van der Waals surface area contributed by atoms with E-state index in [1.165, 1.54) is 23.5 Å². The second-order valence-electron chi connectivity index (χ2n) is 5.94. The zero-order valence-corrected chi connectivity index (χ0v) is 15.8. The molecular weight excluding hydrogens is 386 g/mol. The number of nitrogens with one attached hydrogen (secondary N) is 1. The lowest BCUT2D eigenvalue weighted by atomic mass is 10.1. The molecule has 1 atom stereocenters. The summed E-state index contributed by atoms with van der Waals surface area (Å²) in [5, 5.41) is 4.73. The van der Waals surface area contributed by atoms with Crippen LogP contribution in [-0.4, -0.2) is 17.5 Å². The van der Waals surface area contributed by atoms with Gasteiger partial charge in [-0.25, -0.2) is 4.98 Å². The van der Waals surface area contributed by atoms with Gasteiger partial charge in [0.05, 0.1) is 17.2 Å². The van der Waals surface area contributed by atoms with Crippen LogP contribution in [0, 0.1) is 0 Å². The summed E-state index contributed by atoms with van der Waals surface area (Å²) < 4.78 is 34.8. The average Bonchev–Trinajstić information content (AvgIpc) is 3.20. The maximum Gasteiger partial charge on any atom is 0.387 e. The van der Waals surface area contributed by atoms with Gasteiger partial charge >= 0.3 is 6.61 Å². The van der Waals surface area contributed by atoms with Crippen molar-refractivity contribution in [3.8, 4) is 11.5 Å². The molecule has 0 aliphatic carbocycles. The Bertz CT molecular complexity index is 919. The van der Waals surface area contributed by atoms with Crippen molar-refractivity contribution in [2.75, 3.05) is 0 Å². The Balaban J connectivity index is 1.63. The molecule has 0 fully saturated rings. The average molecular weight is 404 g/mol. The van der Waals surface area contributed by atoms with Gasteiger partial charge in [-0.3, -0.25) is 4.79 Å². The molecule has 3 rings (SSSR count). The highest BCUT2D eigenvalue weighted by atomic mass is 32.1. The third-order valence-corrected chi connectivity index (χ3v) is 4.53. The number of amides is 1. The number of halogens is 2. The maximum atomic E-state index is 12.5. The molecule has 0 saturated heterocycles. The van der Waals surface area contributed by atoms with Gasteiger partial charge in [0.15, 0.2) is 0 Å². The van der Waals surface area contributed by atoms with Crippen LogP contribution in [0.2, 0.25) is 0 Å². The van der Waals surface area contributed by atoms with E-state index in [9.17, 15) is 13.6 Å². The van der Waals surface area contributed by atoms with E-state index in [-0.39, 0.29) is 11.7 Å². The van der Waals surface area contributed by atoms with Crippen molar-refractivity contribution in [2.45, 2.75) is 26.2 Å². The Morgan fingerprint density at radius 3 is 2.71 bits per heavy atom. The lowest BCUT2D eigenvalue weighted by molar-refractivity contribution is -0.0499. The van der Waals surface area contributed by atoms with E-state index in [1.807, 2.05) is 5.38 Å². The second-order valence-corrected chi connectivity index (χ2v) is 6.66. The van der Waals surface area contributed by atoms with Crippen molar-refractivity contribution in [3.63, 3.8) is 0 Å². The molecule has 1 aromatic heterocycles. The van der Waals surface area contributed by atoms with Gasteiger partial charge in [-0.2, -0.15) is 8.78 Å². The molecule has 1 amide bonds. The van der Waals surface area contributed by atoms with Crippen LogP contribution in [0.5, 0.6) is 11.5 Å². The Morgan fingerprint density at radius 2 is 1.96 bits per heavy atom. The summed E-state index contributed by atoms with van der Waals surface area (Å²) in [6.45, 7) is -0.809. The topological polar surface area (TPSA) is 60.5 Å². The normalized spacial score (nSPS) is 11.9. The van der Waals surface area contributed by atoms with Crippen LogP contribution >= 0.6 is 11.3 Å². The van der Waals surface area contributed by atoms with Gasteiger partial charge in [0.2, 0.25) is 0 Å². The maximum absolute atomic E-state index is 12.5. The standard InChI is InChI=1S/C20H18F2N2O3S/c1-13(14-4-2-7-18(8-14)27-20(21)22)24-19(25)15-5-3-6-17(9-15)26-10-16-11-28-12-23-16/h2-9,11-13,20H,10H2,1H3,(H,24,25). The predicted octanol–water partition coefficient (Wildman–Crippen LogP) is 4.81. The summed E-state index contributed by atoms with van der Waals surface area (Å²) >= 11 is 1.49. The van der Waals surface area contributed by atoms with E-state index >= 15 is 0 Å². The molecule has 0 aliphatic rings. The lowest BCUT2D eigenvalue weighted by Gasteiger charge is -2.16.